The molecule has 0 amide bonds. The van der Waals surface area contributed by atoms with Gasteiger partial charge in [-0.25, -0.2) is 0 Å². The Balaban J connectivity index is 1.49. The number of hydrogen-bond donors (Lipinski definition) is 2. The predicted molar refractivity (Wildman–Crippen MR) is 85.2 cm³/mol. The van der Waals surface area contributed by atoms with Gasteiger partial charge in [-0.15, -0.1) is 0 Å². The lowest BCUT2D eigenvalue weighted by Gasteiger charge is -2.31. The first-order valence-corrected chi connectivity index (χ1v) is 8.32. The van der Waals surface area contributed by atoms with E-state index in [0.717, 1.165) is 25.6 Å². The van der Waals surface area contributed by atoms with Crippen molar-refractivity contribution in [3.8, 4) is 0 Å². The van der Waals surface area contributed by atoms with Gasteiger partial charge in [-0.05, 0) is 45.5 Å². The Kier molecular flexibility index (Phi) is 7.19. The molecular weight excluding hydrogens is 264 g/mol. The lowest BCUT2D eigenvalue weighted by atomic mass is 9.94. The Hall–Kier alpha value is -0.910. The molecule has 1 heterocycles. The fourth-order valence-electron chi connectivity index (χ4n) is 3.12. The van der Waals surface area contributed by atoms with Gasteiger partial charge in [0.25, 0.3) is 0 Å². The number of aliphatic hydroxyl groups is 1. The minimum Gasteiger partial charge on any atom is -0.390 e. The molecule has 1 atom stereocenters. The van der Waals surface area contributed by atoms with Crippen molar-refractivity contribution in [2.75, 3.05) is 26.7 Å². The molecule has 0 bridgehead atoms. The minimum absolute atomic E-state index is 0.374. The normalized spacial score (nSPS) is 18.2. The molecular formula is C16H30N4O. The first-order chi connectivity index (χ1) is 10.3. The van der Waals surface area contributed by atoms with E-state index in [9.17, 15) is 5.11 Å². The fourth-order valence-corrected chi connectivity index (χ4v) is 3.12. The van der Waals surface area contributed by atoms with Crippen molar-refractivity contribution < 1.29 is 5.11 Å². The summed E-state index contributed by atoms with van der Waals surface area (Å²) >= 11 is 0. The first-order valence-electron chi connectivity index (χ1n) is 8.32. The second-order valence-corrected chi connectivity index (χ2v) is 6.21. The van der Waals surface area contributed by atoms with Crippen LogP contribution in [0.15, 0.2) is 18.5 Å². The number of aromatic nitrogens is 2. The highest BCUT2D eigenvalue weighted by Crippen LogP contribution is 2.21. The zero-order valence-electron chi connectivity index (χ0n) is 13.2. The van der Waals surface area contributed by atoms with Crippen molar-refractivity contribution in [1.29, 1.82) is 0 Å². The maximum atomic E-state index is 9.90. The van der Waals surface area contributed by atoms with Crippen LogP contribution in [0.1, 0.15) is 38.5 Å². The molecule has 21 heavy (non-hydrogen) atoms. The van der Waals surface area contributed by atoms with E-state index in [0.29, 0.717) is 13.1 Å². The maximum absolute atomic E-state index is 9.90. The van der Waals surface area contributed by atoms with Crippen LogP contribution in [0.3, 0.4) is 0 Å². The Bertz CT molecular complexity index is 362. The highest BCUT2D eigenvalue weighted by molar-refractivity contribution is 4.79. The molecule has 2 N–H and O–H groups in total. The van der Waals surface area contributed by atoms with Crippen molar-refractivity contribution >= 4 is 0 Å². The molecule has 2 rings (SSSR count). The number of nitrogens with one attached hydrogen (secondary N) is 1. The van der Waals surface area contributed by atoms with Crippen molar-refractivity contribution in [2.45, 2.75) is 57.2 Å². The zero-order valence-corrected chi connectivity index (χ0v) is 13.2. The maximum Gasteiger partial charge on any atom is 0.0860 e. The number of rotatable bonds is 9. The van der Waals surface area contributed by atoms with Crippen molar-refractivity contribution in [2.24, 2.45) is 0 Å². The molecule has 120 valence electrons. The second-order valence-electron chi connectivity index (χ2n) is 6.21. The van der Waals surface area contributed by atoms with Gasteiger partial charge < -0.3 is 15.3 Å². The van der Waals surface area contributed by atoms with Crippen LogP contribution in [-0.2, 0) is 6.54 Å². The third-order valence-corrected chi connectivity index (χ3v) is 4.40. The van der Waals surface area contributed by atoms with Crippen molar-refractivity contribution in [3.05, 3.63) is 18.5 Å². The summed E-state index contributed by atoms with van der Waals surface area (Å²) in [6, 6.07) is 2.67. The van der Waals surface area contributed by atoms with Gasteiger partial charge in [-0.2, -0.15) is 5.10 Å². The van der Waals surface area contributed by atoms with E-state index in [2.05, 4.69) is 22.4 Å². The summed E-state index contributed by atoms with van der Waals surface area (Å²) in [6.07, 6.45) is 11.3. The number of nitrogens with zero attached hydrogens (tertiary/aromatic N) is 3. The van der Waals surface area contributed by atoms with Crippen LogP contribution in [0.25, 0.3) is 0 Å². The van der Waals surface area contributed by atoms with Crippen molar-refractivity contribution in [1.82, 2.24) is 20.0 Å². The van der Waals surface area contributed by atoms with E-state index < -0.39 is 0 Å². The van der Waals surface area contributed by atoms with E-state index >= 15 is 0 Å². The summed E-state index contributed by atoms with van der Waals surface area (Å²) in [5, 5.41) is 17.3. The van der Waals surface area contributed by atoms with Crippen LogP contribution in [0.5, 0.6) is 0 Å². The Morgan fingerprint density at radius 2 is 2.19 bits per heavy atom. The van der Waals surface area contributed by atoms with Crippen LogP contribution < -0.4 is 5.32 Å². The summed E-state index contributed by atoms with van der Waals surface area (Å²) in [6.45, 7) is 3.30. The number of hydrogen-bond acceptors (Lipinski definition) is 4. The van der Waals surface area contributed by atoms with Gasteiger partial charge in [0.1, 0.15) is 0 Å². The third kappa shape index (κ3) is 6.16. The van der Waals surface area contributed by atoms with Gasteiger partial charge >= 0.3 is 0 Å². The largest absolute Gasteiger partial charge is 0.390 e. The van der Waals surface area contributed by atoms with E-state index in [4.69, 9.17) is 0 Å². The Labute approximate surface area is 128 Å². The monoisotopic (exact) mass is 294 g/mol. The molecule has 1 aliphatic carbocycles. The zero-order chi connectivity index (χ0) is 14.9. The van der Waals surface area contributed by atoms with Crippen molar-refractivity contribution in [3.63, 3.8) is 0 Å². The molecule has 0 aliphatic heterocycles. The minimum atomic E-state index is -0.374. The van der Waals surface area contributed by atoms with E-state index in [-0.39, 0.29) is 6.10 Å². The highest BCUT2D eigenvalue weighted by Gasteiger charge is 2.17. The van der Waals surface area contributed by atoms with E-state index in [1.54, 1.807) is 10.9 Å². The molecule has 0 saturated heterocycles. The lowest BCUT2D eigenvalue weighted by molar-refractivity contribution is 0.145. The second kappa shape index (κ2) is 9.18. The molecule has 1 aromatic heterocycles. The predicted octanol–water partition coefficient (Wildman–Crippen LogP) is 1.49. The van der Waals surface area contributed by atoms with Gasteiger partial charge in [0.05, 0.1) is 12.6 Å². The topological polar surface area (TPSA) is 53.3 Å². The van der Waals surface area contributed by atoms with E-state index in [1.807, 2.05) is 12.3 Å². The molecule has 1 saturated carbocycles. The fraction of sp³-hybridized carbons (Fsp3) is 0.812. The van der Waals surface area contributed by atoms with Crippen LogP contribution in [0.2, 0.25) is 0 Å². The quantitative estimate of drug-likeness (QED) is 0.678. The van der Waals surface area contributed by atoms with Crippen LogP contribution in [0, 0.1) is 0 Å². The molecule has 1 fully saturated rings. The molecule has 1 aromatic rings. The SMILES string of the molecule is CN(CCCNCC(O)Cn1cccn1)C1CCCCC1. The first kappa shape index (κ1) is 16.5. The van der Waals surface area contributed by atoms with Gasteiger partial charge in [0.15, 0.2) is 0 Å². The molecule has 1 aliphatic rings. The average Bonchev–Trinajstić information content (AvgIpc) is 3.00. The summed E-state index contributed by atoms with van der Waals surface area (Å²) in [5.74, 6) is 0. The number of aliphatic hydroxyl groups excluding tert-OH is 1. The van der Waals surface area contributed by atoms with Crippen LogP contribution in [0.4, 0.5) is 0 Å². The molecule has 0 spiro atoms. The molecule has 0 radical (unpaired) electrons. The van der Waals surface area contributed by atoms with Crippen LogP contribution in [-0.4, -0.2) is 58.6 Å². The third-order valence-electron chi connectivity index (χ3n) is 4.40. The Morgan fingerprint density at radius 3 is 2.90 bits per heavy atom. The standard InChI is InChI=1S/C16H30N4O/c1-19(15-7-3-2-4-8-15)11-5-9-17-13-16(21)14-20-12-6-10-18-20/h6,10,12,15-17,21H,2-5,7-9,11,13-14H2,1H3. The summed E-state index contributed by atoms with van der Waals surface area (Å²) in [7, 11) is 2.25. The highest BCUT2D eigenvalue weighted by atomic mass is 16.3. The summed E-state index contributed by atoms with van der Waals surface area (Å²) in [4.78, 5) is 2.51. The van der Waals surface area contributed by atoms with Gasteiger partial charge in [0, 0.05) is 25.0 Å². The summed E-state index contributed by atoms with van der Waals surface area (Å²) < 4.78 is 1.77. The lowest BCUT2D eigenvalue weighted by Crippen LogP contribution is -2.36. The summed E-state index contributed by atoms with van der Waals surface area (Å²) in [5.41, 5.74) is 0. The smallest absolute Gasteiger partial charge is 0.0860 e. The molecule has 1 unspecified atom stereocenters. The molecule has 0 aromatic carbocycles. The van der Waals surface area contributed by atoms with Crippen LogP contribution >= 0.6 is 0 Å². The average molecular weight is 294 g/mol. The molecule has 5 nitrogen and oxygen atoms in total. The van der Waals surface area contributed by atoms with Gasteiger partial charge in [-0.1, -0.05) is 19.3 Å². The Morgan fingerprint density at radius 1 is 1.38 bits per heavy atom. The molecule has 5 heteroatoms. The van der Waals surface area contributed by atoms with E-state index in [1.165, 1.54) is 32.1 Å². The van der Waals surface area contributed by atoms with Gasteiger partial charge in [0.2, 0.25) is 0 Å². The van der Waals surface area contributed by atoms with Gasteiger partial charge in [-0.3, -0.25) is 4.68 Å².